The number of nitriles is 1. The zero-order valence-electron chi connectivity index (χ0n) is 7.90. The number of rotatable bonds is 2. The van der Waals surface area contributed by atoms with Crippen LogP contribution in [-0.4, -0.2) is 0 Å². The third-order valence-electron chi connectivity index (χ3n) is 2.70. The first-order chi connectivity index (χ1) is 6.72. The highest BCUT2D eigenvalue weighted by molar-refractivity contribution is 5.53. The molecule has 1 aromatic rings. The van der Waals surface area contributed by atoms with Gasteiger partial charge in [-0.3, -0.25) is 0 Å². The van der Waals surface area contributed by atoms with Gasteiger partial charge in [0, 0.05) is 11.7 Å². The molecular weight excluding hydrogens is 174 g/mol. The molecule has 0 aromatic heterocycles. The van der Waals surface area contributed by atoms with E-state index in [0.717, 1.165) is 5.56 Å². The normalized spacial score (nSPS) is 17.4. The Hall–Kier alpha value is -1.53. The molecule has 3 nitrogen and oxygen atoms in total. The van der Waals surface area contributed by atoms with E-state index in [1.54, 1.807) is 12.1 Å². The van der Waals surface area contributed by atoms with Crippen molar-refractivity contribution in [2.24, 2.45) is 11.7 Å². The molecule has 0 radical (unpaired) electrons. The molecule has 1 aromatic carbocycles. The summed E-state index contributed by atoms with van der Waals surface area (Å²) in [6.07, 6.45) is 2.39. The van der Waals surface area contributed by atoms with Gasteiger partial charge in [-0.1, -0.05) is 6.07 Å². The van der Waals surface area contributed by atoms with Crippen molar-refractivity contribution in [2.45, 2.75) is 18.9 Å². The zero-order chi connectivity index (χ0) is 10.1. The second kappa shape index (κ2) is 3.32. The molecule has 0 aliphatic heterocycles. The fourth-order valence-corrected chi connectivity index (χ4v) is 1.66. The Labute approximate surface area is 83.3 Å². The number of hydrogen-bond acceptors (Lipinski definition) is 3. The number of nitrogens with zero attached hydrogens (tertiary/aromatic N) is 1. The van der Waals surface area contributed by atoms with Crippen molar-refractivity contribution in [3.05, 3.63) is 29.3 Å². The Morgan fingerprint density at radius 2 is 2.14 bits per heavy atom. The predicted molar refractivity (Wildman–Crippen MR) is 55.2 cm³/mol. The first kappa shape index (κ1) is 9.04. The molecule has 1 fully saturated rings. The average molecular weight is 187 g/mol. The van der Waals surface area contributed by atoms with Crippen LogP contribution in [0, 0.1) is 17.2 Å². The number of benzene rings is 1. The van der Waals surface area contributed by atoms with Crippen molar-refractivity contribution in [1.82, 2.24) is 0 Å². The lowest BCUT2D eigenvalue weighted by atomic mass is 10.00. The summed E-state index contributed by atoms with van der Waals surface area (Å²) in [4.78, 5) is 0. The lowest BCUT2D eigenvalue weighted by molar-refractivity contribution is 0.635. The fraction of sp³-hybridized carbons (Fsp3) is 0.364. The van der Waals surface area contributed by atoms with Crippen LogP contribution in [0.4, 0.5) is 5.69 Å². The van der Waals surface area contributed by atoms with Gasteiger partial charge in [0.1, 0.15) is 0 Å². The van der Waals surface area contributed by atoms with Crippen molar-refractivity contribution in [3.63, 3.8) is 0 Å². The average Bonchev–Trinajstić information content (AvgIpc) is 3.00. The van der Waals surface area contributed by atoms with E-state index in [-0.39, 0.29) is 6.04 Å². The van der Waals surface area contributed by atoms with Gasteiger partial charge in [-0.05, 0) is 36.5 Å². The Bertz CT molecular complexity index is 388. The number of nitrogen functional groups attached to an aromatic ring is 1. The van der Waals surface area contributed by atoms with Gasteiger partial charge >= 0.3 is 0 Å². The monoisotopic (exact) mass is 187 g/mol. The highest BCUT2D eigenvalue weighted by Crippen LogP contribution is 2.40. The molecule has 4 N–H and O–H groups in total. The van der Waals surface area contributed by atoms with Gasteiger partial charge in [0.25, 0.3) is 0 Å². The molecule has 1 atom stereocenters. The lowest BCUT2D eigenvalue weighted by Gasteiger charge is -2.13. The van der Waals surface area contributed by atoms with Crippen molar-refractivity contribution in [3.8, 4) is 6.07 Å². The molecule has 0 heterocycles. The van der Waals surface area contributed by atoms with E-state index in [4.69, 9.17) is 16.7 Å². The molecule has 72 valence electrons. The first-order valence-electron chi connectivity index (χ1n) is 4.77. The molecule has 0 spiro atoms. The molecule has 3 heteroatoms. The van der Waals surface area contributed by atoms with Crippen LogP contribution in [0.25, 0.3) is 0 Å². The van der Waals surface area contributed by atoms with E-state index >= 15 is 0 Å². The highest BCUT2D eigenvalue weighted by Gasteiger charge is 2.30. The largest absolute Gasteiger partial charge is 0.398 e. The fourth-order valence-electron chi connectivity index (χ4n) is 1.66. The predicted octanol–water partition coefficient (Wildman–Crippen LogP) is 1.55. The van der Waals surface area contributed by atoms with Gasteiger partial charge < -0.3 is 11.5 Å². The topological polar surface area (TPSA) is 75.8 Å². The molecule has 2 rings (SSSR count). The Morgan fingerprint density at radius 1 is 1.43 bits per heavy atom. The van der Waals surface area contributed by atoms with Crippen LogP contribution in [0.2, 0.25) is 0 Å². The van der Waals surface area contributed by atoms with Gasteiger partial charge in [-0.15, -0.1) is 0 Å². The number of anilines is 1. The van der Waals surface area contributed by atoms with Crippen LogP contribution >= 0.6 is 0 Å². The standard InChI is InChI=1S/C11H13N3/c12-6-7-1-4-9(10(13)5-7)11(14)8-2-3-8/h1,4-5,8,11H,2-3,13-14H2. The van der Waals surface area contributed by atoms with E-state index in [1.165, 1.54) is 12.8 Å². The second-order valence-electron chi connectivity index (χ2n) is 3.82. The van der Waals surface area contributed by atoms with Gasteiger partial charge in [0.05, 0.1) is 11.6 Å². The third kappa shape index (κ3) is 1.57. The van der Waals surface area contributed by atoms with Crippen LogP contribution in [0.1, 0.15) is 30.0 Å². The zero-order valence-corrected chi connectivity index (χ0v) is 7.90. The summed E-state index contributed by atoms with van der Waals surface area (Å²) in [6.45, 7) is 0. The molecule has 14 heavy (non-hydrogen) atoms. The molecule has 0 saturated heterocycles. The van der Waals surface area contributed by atoms with Gasteiger partial charge in [-0.25, -0.2) is 0 Å². The van der Waals surface area contributed by atoms with Crippen molar-refractivity contribution >= 4 is 5.69 Å². The first-order valence-corrected chi connectivity index (χ1v) is 4.77. The van der Waals surface area contributed by atoms with Gasteiger partial charge in [0.2, 0.25) is 0 Å². The summed E-state index contributed by atoms with van der Waals surface area (Å²) in [5, 5.41) is 8.68. The molecule has 0 amide bonds. The maximum Gasteiger partial charge on any atom is 0.0992 e. The van der Waals surface area contributed by atoms with Crippen molar-refractivity contribution < 1.29 is 0 Å². The highest BCUT2D eigenvalue weighted by atomic mass is 14.7. The Morgan fingerprint density at radius 3 is 2.64 bits per heavy atom. The maximum absolute atomic E-state index is 8.68. The summed E-state index contributed by atoms with van der Waals surface area (Å²) in [6, 6.07) is 7.44. The summed E-state index contributed by atoms with van der Waals surface area (Å²) in [7, 11) is 0. The molecule has 1 saturated carbocycles. The minimum atomic E-state index is 0.0442. The van der Waals surface area contributed by atoms with E-state index in [2.05, 4.69) is 6.07 Å². The van der Waals surface area contributed by atoms with Gasteiger partial charge in [-0.2, -0.15) is 5.26 Å². The smallest absolute Gasteiger partial charge is 0.0992 e. The second-order valence-corrected chi connectivity index (χ2v) is 3.82. The molecule has 1 aliphatic carbocycles. The van der Waals surface area contributed by atoms with Crippen LogP contribution in [-0.2, 0) is 0 Å². The summed E-state index contributed by atoms with van der Waals surface area (Å²) in [5.41, 5.74) is 14.1. The van der Waals surface area contributed by atoms with Crippen LogP contribution in [0.3, 0.4) is 0 Å². The van der Waals surface area contributed by atoms with Crippen LogP contribution in [0.5, 0.6) is 0 Å². The molecule has 0 bridgehead atoms. The SMILES string of the molecule is N#Cc1ccc(C(N)C2CC2)c(N)c1. The minimum absolute atomic E-state index is 0.0442. The van der Waals surface area contributed by atoms with Crippen molar-refractivity contribution in [2.75, 3.05) is 5.73 Å². The van der Waals surface area contributed by atoms with E-state index in [1.807, 2.05) is 6.07 Å². The quantitative estimate of drug-likeness (QED) is 0.690. The Kier molecular flexibility index (Phi) is 2.14. The van der Waals surface area contributed by atoms with E-state index in [0.29, 0.717) is 17.2 Å². The lowest BCUT2D eigenvalue weighted by Crippen LogP contribution is -2.14. The summed E-state index contributed by atoms with van der Waals surface area (Å²) in [5.74, 6) is 0.588. The summed E-state index contributed by atoms with van der Waals surface area (Å²) < 4.78 is 0. The molecule has 1 aliphatic rings. The third-order valence-corrected chi connectivity index (χ3v) is 2.70. The Balaban J connectivity index is 2.30. The van der Waals surface area contributed by atoms with E-state index < -0.39 is 0 Å². The minimum Gasteiger partial charge on any atom is -0.398 e. The number of nitrogens with two attached hydrogens (primary N) is 2. The van der Waals surface area contributed by atoms with E-state index in [9.17, 15) is 0 Å². The van der Waals surface area contributed by atoms with Crippen LogP contribution < -0.4 is 11.5 Å². The maximum atomic E-state index is 8.68. The summed E-state index contributed by atoms with van der Waals surface area (Å²) >= 11 is 0. The van der Waals surface area contributed by atoms with Crippen LogP contribution in [0.15, 0.2) is 18.2 Å². The molecular formula is C11H13N3. The molecule has 1 unspecified atom stereocenters. The number of hydrogen-bond donors (Lipinski definition) is 2. The van der Waals surface area contributed by atoms with Crippen molar-refractivity contribution in [1.29, 1.82) is 5.26 Å². The van der Waals surface area contributed by atoms with Gasteiger partial charge in [0.15, 0.2) is 0 Å².